The summed E-state index contributed by atoms with van der Waals surface area (Å²) in [4.78, 5) is 25.3. The molecule has 1 N–H and O–H groups in total. The molecule has 0 atom stereocenters. The van der Waals surface area contributed by atoms with Crippen LogP contribution >= 0.6 is 0 Å². The highest BCUT2D eigenvalue weighted by Crippen LogP contribution is 2.12. The molecule has 2 aromatic carbocycles. The smallest absolute Gasteiger partial charge is 0.253 e. The Morgan fingerprint density at radius 3 is 2.27 bits per heavy atom. The summed E-state index contributed by atoms with van der Waals surface area (Å²) in [5, 5.41) is 2.89. The number of aryl methyl sites for hydroxylation is 1. The van der Waals surface area contributed by atoms with Crippen LogP contribution in [0.1, 0.15) is 34.3 Å². The maximum atomic E-state index is 11.9. The molecule has 0 saturated heterocycles. The summed E-state index contributed by atoms with van der Waals surface area (Å²) < 4.78 is 5.61. The molecule has 0 unspecified atom stereocenters. The molecule has 2 rings (SSSR count). The minimum absolute atomic E-state index is 0.00838. The van der Waals surface area contributed by atoms with E-state index in [1.807, 2.05) is 43.3 Å². The molecule has 0 aromatic heterocycles. The Balaban J connectivity index is 1.66. The lowest BCUT2D eigenvalue weighted by Gasteiger charge is -2.11. The summed E-state index contributed by atoms with van der Waals surface area (Å²) in [5.41, 5.74) is 2.79. The van der Waals surface area contributed by atoms with Crippen LogP contribution in [0.3, 0.4) is 0 Å². The highest BCUT2D eigenvalue weighted by atomic mass is 16.5. The van der Waals surface area contributed by atoms with Crippen molar-refractivity contribution in [2.24, 2.45) is 0 Å². The lowest BCUT2D eigenvalue weighted by molar-refractivity contribution is -0.121. The first-order chi connectivity index (χ1) is 12.5. The molecule has 0 aliphatic rings. The Labute approximate surface area is 155 Å². The fourth-order valence-corrected chi connectivity index (χ4v) is 2.37. The molecule has 0 heterocycles. The number of amides is 2. The molecule has 0 aliphatic carbocycles. The molecular weight excluding hydrogens is 328 g/mol. The van der Waals surface area contributed by atoms with Crippen molar-refractivity contribution in [2.45, 2.75) is 26.3 Å². The van der Waals surface area contributed by atoms with Crippen molar-refractivity contribution in [3.8, 4) is 5.75 Å². The first-order valence-corrected chi connectivity index (χ1v) is 8.72. The van der Waals surface area contributed by atoms with Gasteiger partial charge < -0.3 is 15.0 Å². The van der Waals surface area contributed by atoms with Crippen LogP contribution in [0.2, 0.25) is 0 Å². The van der Waals surface area contributed by atoms with Gasteiger partial charge in [-0.3, -0.25) is 9.59 Å². The number of ether oxygens (including phenoxy) is 1. The van der Waals surface area contributed by atoms with Gasteiger partial charge in [-0.15, -0.1) is 0 Å². The number of nitrogens with zero attached hydrogens (tertiary/aromatic N) is 1. The molecule has 2 amide bonds. The van der Waals surface area contributed by atoms with Gasteiger partial charge in [-0.25, -0.2) is 0 Å². The van der Waals surface area contributed by atoms with Gasteiger partial charge in [0.1, 0.15) is 5.75 Å². The quantitative estimate of drug-likeness (QED) is 0.741. The molecule has 5 heteroatoms. The first-order valence-electron chi connectivity index (χ1n) is 8.72. The van der Waals surface area contributed by atoms with E-state index in [-0.39, 0.29) is 11.8 Å². The fraction of sp³-hybridized carbons (Fsp3) is 0.333. The zero-order chi connectivity index (χ0) is 18.9. The van der Waals surface area contributed by atoms with Crippen LogP contribution in [0.4, 0.5) is 0 Å². The van der Waals surface area contributed by atoms with Gasteiger partial charge in [0.25, 0.3) is 5.91 Å². The predicted molar refractivity (Wildman–Crippen MR) is 102 cm³/mol. The van der Waals surface area contributed by atoms with Crippen molar-refractivity contribution < 1.29 is 14.3 Å². The normalized spacial score (nSPS) is 10.3. The summed E-state index contributed by atoms with van der Waals surface area (Å²) in [6.07, 6.45) is 1.08. The van der Waals surface area contributed by atoms with E-state index in [2.05, 4.69) is 5.32 Å². The van der Waals surface area contributed by atoms with Gasteiger partial charge in [-0.1, -0.05) is 29.8 Å². The standard InChI is InChI=1S/C21H26N2O3/c1-16-6-12-19(13-7-16)26-14-4-5-20(24)22-15-17-8-10-18(11-9-17)21(25)23(2)3/h6-13H,4-5,14-15H2,1-3H3,(H,22,24). The Hall–Kier alpha value is -2.82. The molecule has 0 saturated carbocycles. The van der Waals surface area contributed by atoms with Crippen molar-refractivity contribution in [1.82, 2.24) is 10.2 Å². The number of hydrogen-bond donors (Lipinski definition) is 1. The van der Waals surface area contributed by atoms with Gasteiger partial charge in [0.15, 0.2) is 0 Å². The second-order valence-corrected chi connectivity index (χ2v) is 6.44. The third-order valence-corrected chi connectivity index (χ3v) is 3.93. The Morgan fingerprint density at radius 1 is 1.00 bits per heavy atom. The average Bonchev–Trinajstić information content (AvgIpc) is 2.64. The van der Waals surface area contributed by atoms with Crippen LogP contribution in [-0.4, -0.2) is 37.4 Å². The van der Waals surface area contributed by atoms with E-state index in [0.29, 0.717) is 31.6 Å². The average molecular weight is 354 g/mol. The van der Waals surface area contributed by atoms with Crippen LogP contribution in [0, 0.1) is 6.92 Å². The molecular formula is C21H26N2O3. The molecule has 0 spiro atoms. The minimum Gasteiger partial charge on any atom is -0.494 e. The van der Waals surface area contributed by atoms with Gasteiger partial charge in [-0.05, 0) is 43.2 Å². The number of hydrogen-bond acceptors (Lipinski definition) is 3. The summed E-state index contributed by atoms with van der Waals surface area (Å²) in [7, 11) is 3.44. The van der Waals surface area contributed by atoms with Crippen molar-refractivity contribution in [2.75, 3.05) is 20.7 Å². The second kappa shape index (κ2) is 9.61. The number of carbonyl (C=O) groups excluding carboxylic acids is 2. The Morgan fingerprint density at radius 2 is 1.65 bits per heavy atom. The SMILES string of the molecule is Cc1ccc(OCCCC(=O)NCc2ccc(C(=O)N(C)C)cc2)cc1. The largest absolute Gasteiger partial charge is 0.494 e. The van der Waals surface area contributed by atoms with E-state index < -0.39 is 0 Å². The molecule has 2 aromatic rings. The van der Waals surface area contributed by atoms with Gasteiger partial charge in [0.05, 0.1) is 6.61 Å². The van der Waals surface area contributed by atoms with E-state index in [1.165, 1.54) is 10.5 Å². The van der Waals surface area contributed by atoms with Gasteiger partial charge in [-0.2, -0.15) is 0 Å². The monoisotopic (exact) mass is 354 g/mol. The molecule has 5 nitrogen and oxygen atoms in total. The van der Waals surface area contributed by atoms with Crippen molar-refractivity contribution in [3.05, 3.63) is 65.2 Å². The summed E-state index contributed by atoms with van der Waals surface area (Å²) in [5.74, 6) is 0.781. The van der Waals surface area contributed by atoms with E-state index in [4.69, 9.17) is 4.74 Å². The molecule has 138 valence electrons. The lowest BCUT2D eigenvalue weighted by atomic mass is 10.1. The van der Waals surface area contributed by atoms with Crippen LogP contribution in [-0.2, 0) is 11.3 Å². The van der Waals surface area contributed by atoms with E-state index >= 15 is 0 Å². The molecule has 0 fully saturated rings. The zero-order valence-corrected chi connectivity index (χ0v) is 15.6. The van der Waals surface area contributed by atoms with Gasteiger partial charge in [0.2, 0.25) is 5.91 Å². The molecule has 26 heavy (non-hydrogen) atoms. The van der Waals surface area contributed by atoms with Crippen LogP contribution < -0.4 is 10.1 Å². The number of rotatable bonds is 8. The number of nitrogens with one attached hydrogen (secondary N) is 1. The molecule has 0 aliphatic heterocycles. The van der Waals surface area contributed by atoms with Crippen molar-refractivity contribution in [1.29, 1.82) is 0 Å². The van der Waals surface area contributed by atoms with E-state index in [9.17, 15) is 9.59 Å². The molecule has 0 bridgehead atoms. The van der Waals surface area contributed by atoms with Gasteiger partial charge in [0, 0.05) is 32.6 Å². The topological polar surface area (TPSA) is 58.6 Å². The zero-order valence-electron chi connectivity index (χ0n) is 15.6. The summed E-state index contributed by atoms with van der Waals surface area (Å²) >= 11 is 0. The Bertz CT molecular complexity index is 722. The lowest BCUT2D eigenvalue weighted by Crippen LogP contribution is -2.23. The summed E-state index contributed by atoms with van der Waals surface area (Å²) in [6, 6.07) is 15.1. The third-order valence-electron chi connectivity index (χ3n) is 3.93. The number of carbonyl (C=O) groups is 2. The highest BCUT2D eigenvalue weighted by Gasteiger charge is 2.07. The first kappa shape index (κ1) is 19.5. The fourth-order valence-electron chi connectivity index (χ4n) is 2.37. The number of benzene rings is 2. The highest BCUT2D eigenvalue weighted by molar-refractivity contribution is 5.93. The van der Waals surface area contributed by atoms with Crippen LogP contribution in [0.5, 0.6) is 5.75 Å². The second-order valence-electron chi connectivity index (χ2n) is 6.44. The van der Waals surface area contributed by atoms with Crippen LogP contribution in [0.25, 0.3) is 0 Å². The minimum atomic E-state index is -0.0332. The maximum Gasteiger partial charge on any atom is 0.253 e. The van der Waals surface area contributed by atoms with Crippen molar-refractivity contribution >= 4 is 11.8 Å². The molecule has 0 radical (unpaired) electrons. The van der Waals surface area contributed by atoms with E-state index in [0.717, 1.165) is 11.3 Å². The Kier molecular flexibility index (Phi) is 7.21. The summed E-state index contributed by atoms with van der Waals surface area (Å²) in [6.45, 7) is 2.99. The van der Waals surface area contributed by atoms with Gasteiger partial charge >= 0.3 is 0 Å². The predicted octanol–water partition coefficient (Wildman–Crippen LogP) is 3.17. The van der Waals surface area contributed by atoms with E-state index in [1.54, 1.807) is 26.2 Å². The third kappa shape index (κ3) is 6.24. The maximum absolute atomic E-state index is 11.9. The van der Waals surface area contributed by atoms with Crippen LogP contribution in [0.15, 0.2) is 48.5 Å². The van der Waals surface area contributed by atoms with Crippen molar-refractivity contribution in [3.63, 3.8) is 0 Å².